The summed E-state index contributed by atoms with van der Waals surface area (Å²) >= 11 is 0. The molecule has 0 radical (unpaired) electrons. The molecule has 4 aromatic rings. The Morgan fingerprint density at radius 2 is 2.00 bits per heavy atom. The largest absolute Gasteiger partial charge is 0.497 e. The van der Waals surface area contributed by atoms with Crippen LogP contribution in [0.3, 0.4) is 0 Å². The van der Waals surface area contributed by atoms with Gasteiger partial charge in [0.2, 0.25) is 0 Å². The van der Waals surface area contributed by atoms with Crippen LogP contribution in [0.5, 0.6) is 5.75 Å². The van der Waals surface area contributed by atoms with Crippen LogP contribution in [-0.2, 0) is 17.8 Å². The van der Waals surface area contributed by atoms with E-state index in [9.17, 15) is 9.59 Å². The molecule has 0 bridgehead atoms. The molecule has 1 aromatic carbocycles. The van der Waals surface area contributed by atoms with Crippen LogP contribution in [0.1, 0.15) is 40.3 Å². The molecule has 0 saturated heterocycles. The Balaban J connectivity index is 1.77. The summed E-state index contributed by atoms with van der Waals surface area (Å²) in [5, 5.41) is 6.85. The van der Waals surface area contributed by atoms with Crippen LogP contribution >= 0.6 is 0 Å². The van der Waals surface area contributed by atoms with Gasteiger partial charge in [-0.2, -0.15) is 0 Å². The molecule has 0 unspecified atom stereocenters. The summed E-state index contributed by atoms with van der Waals surface area (Å²) in [5.41, 5.74) is 3.27. The van der Waals surface area contributed by atoms with Crippen LogP contribution in [0.2, 0.25) is 0 Å². The highest BCUT2D eigenvalue weighted by molar-refractivity contribution is 6.14. The van der Waals surface area contributed by atoms with Gasteiger partial charge in [0.25, 0.3) is 5.91 Å². The zero-order chi connectivity index (χ0) is 24.9. The first-order valence-electron chi connectivity index (χ1n) is 11.2. The number of rotatable bonds is 9. The van der Waals surface area contributed by atoms with Crippen molar-refractivity contribution in [3.63, 3.8) is 0 Å². The minimum Gasteiger partial charge on any atom is -0.497 e. The molecule has 1 amide bonds. The number of hydrogen-bond donors (Lipinski definition) is 2. The Labute approximate surface area is 203 Å². The van der Waals surface area contributed by atoms with E-state index < -0.39 is 11.9 Å². The number of nitrogens with zero attached hydrogens (tertiary/aromatic N) is 2. The zero-order valence-corrected chi connectivity index (χ0v) is 20.1. The van der Waals surface area contributed by atoms with E-state index >= 15 is 0 Å². The van der Waals surface area contributed by atoms with Crippen molar-refractivity contribution in [3.05, 3.63) is 71.9 Å². The summed E-state index contributed by atoms with van der Waals surface area (Å²) in [4.78, 5) is 30.4. The maximum Gasteiger partial charge on any atom is 0.356 e. The van der Waals surface area contributed by atoms with Crippen molar-refractivity contribution in [1.29, 1.82) is 0 Å². The Hall–Kier alpha value is -4.27. The highest BCUT2D eigenvalue weighted by Gasteiger charge is 2.27. The molecule has 9 heteroatoms. The molecule has 182 valence electrons. The van der Waals surface area contributed by atoms with Crippen molar-refractivity contribution < 1.29 is 23.5 Å². The zero-order valence-electron chi connectivity index (χ0n) is 20.1. The number of methoxy groups -OCH3 is 2. The number of pyridine rings is 1. The van der Waals surface area contributed by atoms with Crippen LogP contribution in [0, 0.1) is 5.92 Å². The van der Waals surface area contributed by atoms with Gasteiger partial charge in [-0.3, -0.25) is 4.79 Å². The number of carbonyl (C=O) groups is 2. The summed E-state index contributed by atoms with van der Waals surface area (Å²) in [6.45, 7) is 5.14. The van der Waals surface area contributed by atoms with Gasteiger partial charge in [0.05, 0.1) is 43.6 Å². The van der Waals surface area contributed by atoms with Crippen LogP contribution < -0.4 is 15.4 Å². The summed E-state index contributed by atoms with van der Waals surface area (Å²) in [6.07, 6.45) is 4.47. The first-order chi connectivity index (χ1) is 16.9. The van der Waals surface area contributed by atoms with E-state index in [0.717, 1.165) is 17.0 Å². The van der Waals surface area contributed by atoms with Crippen molar-refractivity contribution in [3.8, 4) is 5.75 Å². The van der Waals surface area contributed by atoms with Gasteiger partial charge in [-0.05, 0) is 35.7 Å². The Kier molecular flexibility index (Phi) is 7.05. The Morgan fingerprint density at radius 3 is 2.69 bits per heavy atom. The summed E-state index contributed by atoms with van der Waals surface area (Å²) in [7, 11) is 2.94. The van der Waals surface area contributed by atoms with Crippen LogP contribution in [0.25, 0.3) is 11.0 Å². The Morgan fingerprint density at radius 1 is 1.17 bits per heavy atom. The third kappa shape index (κ3) is 5.13. The van der Waals surface area contributed by atoms with E-state index in [1.807, 2.05) is 44.2 Å². The number of hydrogen-bond acceptors (Lipinski definition) is 7. The minimum atomic E-state index is -0.558. The van der Waals surface area contributed by atoms with Gasteiger partial charge in [0, 0.05) is 18.5 Å². The molecule has 3 heterocycles. The normalized spacial score (nSPS) is 11.0. The minimum absolute atomic E-state index is 0.221. The molecular weight excluding hydrogens is 448 g/mol. The number of esters is 1. The van der Waals surface area contributed by atoms with E-state index in [2.05, 4.69) is 15.6 Å². The number of furan rings is 1. The number of carbonyl (C=O) groups excluding carboxylic acids is 2. The average molecular weight is 477 g/mol. The monoisotopic (exact) mass is 476 g/mol. The maximum atomic E-state index is 12.9. The van der Waals surface area contributed by atoms with Gasteiger partial charge in [-0.1, -0.05) is 26.0 Å². The van der Waals surface area contributed by atoms with Crippen molar-refractivity contribution >= 4 is 34.3 Å². The van der Waals surface area contributed by atoms with Crippen molar-refractivity contribution in [2.24, 2.45) is 5.92 Å². The van der Waals surface area contributed by atoms with E-state index in [4.69, 9.17) is 13.9 Å². The lowest BCUT2D eigenvalue weighted by Crippen LogP contribution is -2.18. The molecule has 0 aliphatic carbocycles. The first-order valence-corrected chi connectivity index (χ1v) is 11.2. The van der Waals surface area contributed by atoms with Crippen molar-refractivity contribution in [2.45, 2.75) is 26.9 Å². The van der Waals surface area contributed by atoms with Gasteiger partial charge >= 0.3 is 5.97 Å². The average Bonchev–Trinajstić information content (AvgIpc) is 3.50. The topological polar surface area (TPSA) is 108 Å². The lowest BCUT2D eigenvalue weighted by molar-refractivity contribution is 0.0589. The molecule has 0 atom stereocenters. The third-order valence-corrected chi connectivity index (χ3v) is 5.48. The predicted molar refractivity (Wildman–Crippen MR) is 133 cm³/mol. The number of amides is 1. The molecular formula is C26H28N4O5. The maximum absolute atomic E-state index is 12.9. The van der Waals surface area contributed by atoms with Gasteiger partial charge in [0.15, 0.2) is 5.69 Å². The SMILES string of the molecule is COC(=O)c1c(NC(=O)c2ccoc2)c2cc(NCc3cccc(OC)c3)cnc2n1CC(C)C. The standard InChI is InChI=1S/C26H28N4O5/c1-16(2)14-30-23(26(32)34-4)22(29-25(31)18-8-9-35-15-18)21-11-19(13-28-24(21)30)27-12-17-6-5-7-20(10-17)33-3/h5-11,13,15-16,27H,12,14H2,1-4H3,(H,29,31). The van der Waals surface area contributed by atoms with Crippen LogP contribution in [0.15, 0.2) is 59.5 Å². The quantitative estimate of drug-likeness (QED) is 0.329. The fraction of sp³-hybridized carbons (Fsp3) is 0.269. The first kappa shape index (κ1) is 23.9. The Bertz CT molecular complexity index is 1340. The van der Waals surface area contributed by atoms with Gasteiger partial charge in [-0.15, -0.1) is 0 Å². The van der Waals surface area contributed by atoms with Crippen LogP contribution in [-0.4, -0.2) is 35.6 Å². The molecule has 0 aliphatic heterocycles. The molecule has 35 heavy (non-hydrogen) atoms. The predicted octanol–water partition coefficient (Wildman–Crippen LogP) is 4.94. The van der Waals surface area contributed by atoms with Gasteiger partial charge in [0.1, 0.15) is 17.7 Å². The van der Waals surface area contributed by atoms with E-state index in [1.54, 1.807) is 23.9 Å². The molecule has 4 rings (SSSR count). The van der Waals surface area contributed by atoms with Crippen molar-refractivity contribution in [1.82, 2.24) is 9.55 Å². The summed E-state index contributed by atoms with van der Waals surface area (Å²) in [6, 6.07) is 11.2. The smallest absolute Gasteiger partial charge is 0.356 e. The second kappa shape index (κ2) is 10.3. The molecule has 3 aromatic heterocycles. The summed E-state index contributed by atoms with van der Waals surface area (Å²) in [5.74, 6) is 0.0361. The number of ether oxygens (including phenoxy) is 2. The highest BCUT2D eigenvalue weighted by atomic mass is 16.5. The van der Waals surface area contributed by atoms with E-state index in [-0.39, 0.29) is 11.6 Å². The fourth-order valence-corrected chi connectivity index (χ4v) is 3.87. The third-order valence-electron chi connectivity index (χ3n) is 5.48. The summed E-state index contributed by atoms with van der Waals surface area (Å²) < 4.78 is 17.2. The van der Waals surface area contributed by atoms with Gasteiger partial charge < -0.3 is 29.1 Å². The number of anilines is 2. The lowest BCUT2D eigenvalue weighted by Gasteiger charge is -2.12. The molecule has 0 saturated carbocycles. The molecule has 0 fully saturated rings. The second-order valence-electron chi connectivity index (χ2n) is 8.49. The number of aromatic nitrogens is 2. The van der Waals surface area contributed by atoms with Crippen molar-refractivity contribution in [2.75, 3.05) is 24.9 Å². The molecule has 0 spiro atoms. The molecule has 9 nitrogen and oxygen atoms in total. The highest BCUT2D eigenvalue weighted by Crippen LogP contribution is 2.34. The number of fused-ring (bicyclic) bond motifs is 1. The molecule has 2 N–H and O–H groups in total. The molecule has 0 aliphatic rings. The van der Waals surface area contributed by atoms with Crippen LogP contribution in [0.4, 0.5) is 11.4 Å². The van der Waals surface area contributed by atoms with Gasteiger partial charge in [-0.25, -0.2) is 9.78 Å². The fourth-order valence-electron chi connectivity index (χ4n) is 3.87. The lowest BCUT2D eigenvalue weighted by atomic mass is 10.2. The van der Waals surface area contributed by atoms with E-state index in [0.29, 0.717) is 35.4 Å². The number of benzene rings is 1. The number of nitrogens with one attached hydrogen (secondary N) is 2. The second-order valence-corrected chi connectivity index (χ2v) is 8.49. The van der Waals surface area contributed by atoms with E-state index in [1.165, 1.54) is 19.6 Å².